The molecule has 0 N–H and O–H groups in total. The summed E-state index contributed by atoms with van der Waals surface area (Å²) < 4.78 is 1.75. The van der Waals surface area contributed by atoms with Gasteiger partial charge in [0, 0.05) is 18.1 Å². The lowest BCUT2D eigenvalue weighted by Gasteiger charge is -2.15. The predicted octanol–water partition coefficient (Wildman–Crippen LogP) is 2.78. The van der Waals surface area contributed by atoms with E-state index in [2.05, 4.69) is 16.8 Å². The highest BCUT2D eigenvalue weighted by Crippen LogP contribution is 2.18. The van der Waals surface area contributed by atoms with Crippen LogP contribution in [0.3, 0.4) is 0 Å². The van der Waals surface area contributed by atoms with Gasteiger partial charge in [-0.2, -0.15) is 0 Å². The van der Waals surface area contributed by atoms with Crippen molar-refractivity contribution in [1.29, 1.82) is 0 Å². The first-order chi connectivity index (χ1) is 10.2. The van der Waals surface area contributed by atoms with Gasteiger partial charge in [-0.3, -0.25) is 9.36 Å². The molecule has 112 valence electrons. The van der Waals surface area contributed by atoms with Crippen LogP contribution < -0.4 is 5.56 Å². The van der Waals surface area contributed by atoms with E-state index in [4.69, 9.17) is 11.6 Å². The molecule has 1 saturated heterocycles. The Labute approximate surface area is 129 Å². The summed E-state index contributed by atoms with van der Waals surface area (Å²) in [7, 11) is 0. The van der Waals surface area contributed by atoms with Crippen LogP contribution in [-0.4, -0.2) is 34.1 Å². The van der Waals surface area contributed by atoms with Crippen LogP contribution in [0.5, 0.6) is 0 Å². The van der Waals surface area contributed by atoms with E-state index in [9.17, 15) is 4.79 Å². The summed E-state index contributed by atoms with van der Waals surface area (Å²) in [6.45, 7) is 6.34. The molecular weight excluding hydrogens is 286 g/mol. The van der Waals surface area contributed by atoms with E-state index in [0.29, 0.717) is 21.8 Å². The number of aromatic nitrogens is 2. The molecule has 0 unspecified atom stereocenters. The Hall–Kier alpha value is -1.39. The smallest absolute Gasteiger partial charge is 0.261 e. The molecule has 1 aliphatic rings. The van der Waals surface area contributed by atoms with Crippen LogP contribution in [0.1, 0.15) is 19.8 Å². The van der Waals surface area contributed by atoms with Crippen molar-refractivity contribution in [2.24, 2.45) is 5.92 Å². The predicted molar refractivity (Wildman–Crippen MR) is 85.9 cm³/mol. The van der Waals surface area contributed by atoms with Crippen molar-refractivity contribution in [3.8, 4) is 0 Å². The molecule has 0 saturated carbocycles. The molecule has 5 heteroatoms. The van der Waals surface area contributed by atoms with Crippen LogP contribution in [0.15, 0.2) is 29.3 Å². The lowest BCUT2D eigenvalue weighted by Crippen LogP contribution is -2.27. The van der Waals surface area contributed by atoms with Crippen LogP contribution in [0.25, 0.3) is 10.9 Å². The SMILES string of the molecule is CCCN1CC[C@@H](Cn2cnc3cc(Cl)ccc3c2=O)C1. The van der Waals surface area contributed by atoms with E-state index in [1.807, 2.05) is 0 Å². The summed E-state index contributed by atoms with van der Waals surface area (Å²) in [6, 6.07) is 5.25. The van der Waals surface area contributed by atoms with Crippen molar-refractivity contribution >= 4 is 22.5 Å². The van der Waals surface area contributed by atoms with Gasteiger partial charge in [0.05, 0.1) is 17.2 Å². The largest absolute Gasteiger partial charge is 0.303 e. The van der Waals surface area contributed by atoms with Gasteiger partial charge in [-0.25, -0.2) is 4.98 Å². The van der Waals surface area contributed by atoms with Gasteiger partial charge in [0.15, 0.2) is 0 Å². The van der Waals surface area contributed by atoms with Crippen LogP contribution in [-0.2, 0) is 6.54 Å². The van der Waals surface area contributed by atoms with Crippen LogP contribution in [0, 0.1) is 5.92 Å². The van der Waals surface area contributed by atoms with Gasteiger partial charge < -0.3 is 4.90 Å². The van der Waals surface area contributed by atoms with Crippen molar-refractivity contribution < 1.29 is 0 Å². The third-order valence-electron chi connectivity index (χ3n) is 4.15. The molecular formula is C16H20ClN3O. The summed E-state index contributed by atoms with van der Waals surface area (Å²) in [6.07, 6.45) is 4.00. The Morgan fingerprint density at radius 3 is 3.10 bits per heavy atom. The standard InChI is InChI=1S/C16H20ClN3O/c1-2-6-19-7-5-12(9-19)10-20-11-18-15-8-13(17)3-4-14(15)16(20)21/h3-4,8,11-12H,2,5-7,9-10H2,1H3/t12-/m1/s1. The molecule has 0 radical (unpaired) electrons. The third kappa shape index (κ3) is 3.11. The van der Waals surface area contributed by atoms with Gasteiger partial charge in [0.25, 0.3) is 5.56 Å². The number of likely N-dealkylation sites (tertiary alicyclic amines) is 1. The maximum Gasteiger partial charge on any atom is 0.261 e. The molecule has 2 heterocycles. The van der Waals surface area contributed by atoms with Gasteiger partial charge in [-0.15, -0.1) is 0 Å². The van der Waals surface area contributed by atoms with Gasteiger partial charge in [0.1, 0.15) is 0 Å². The Morgan fingerprint density at radius 1 is 1.43 bits per heavy atom. The Bertz CT molecular complexity index is 697. The molecule has 1 aliphatic heterocycles. The molecule has 0 aliphatic carbocycles. The molecule has 4 nitrogen and oxygen atoms in total. The minimum atomic E-state index is 0.0330. The highest BCUT2D eigenvalue weighted by molar-refractivity contribution is 6.31. The van der Waals surface area contributed by atoms with Crippen LogP contribution >= 0.6 is 11.6 Å². The number of hydrogen-bond donors (Lipinski definition) is 0. The highest BCUT2D eigenvalue weighted by Gasteiger charge is 2.22. The summed E-state index contributed by atoms with van der Waals surface area (Å²) in [5, 5.41) is 1.25. The fourth-order valence-electron chi connectivity index (χ4n) is 3.12. The first-order valence-electron chi connectivity index (χ1n) is 7.54. The maximum atomic E-state index is 12.5. The fourth-order valence-corrected chi connectivity index (χ4v) is 3.29. The second kappa shape index (κ2) is 6.16. The minimum Gasteiger partial charge on any atom is -0.303 e. The van der Waals surface area contributed by atoms with E-state index in [1.54, 1.807) is 29.1 Å². The summed E-state index contributed by atoms with van der Waals surface area (Å²) in [5.74, 6) is 0.542. The second-order valence-electron chi connectivity index (χ2n) is 5.82. The zero-order valence-electron chi connectivity index (χ0n) is 12.3. The fraction of sp³-hybridized carbons (Fsp3) is 0.500. The number of rotatable bonds is 4. The van der Waals surface area contributed by atoms with E-state index >= 15 is 0 Å². The molecule has 21 heavy (non-hydrogen) atoms. The zero-order valence-corrected chi connectivity index (χ0v) is 13.0. The van der Waals surface area contributed by atoms with Crippen molar-refractivity contribution in [1.82, 2.24) is 14.5 Å². The number of halogens is 1. The molecule has 0 amide bonds. The lowest BCUT2D eigenvalue weighted by atomic mass is 10.1. The Kier molecular flexibility index (Phi) is 4.27. The Balaban J connectivity index is 1.80. The maximum absolute atomic E-state index is 12.5. The van der Waals surface area contributed by atoms with E-state index in [1.165, 1.54) is 6.42 Å². The number of fused-ring (bicyclic) bond motifs is 1. The molecule has 1 atom stereocenters. The molecule has 0 spiro atoms. The molecule has 2 aromatic rings. The van der Waals surface area contributed by atoms with Gasteiger partial charge in [0.2, 0.25) is 0 Å². The molecule has 1 aromatic carbocycles. The second-order valence-corrected chi connectivity index (χ2v) is 6.26. The van der Waals surface area contributed by atoms with Crippen molar-refractivity contribution in [3.05, 3.63) is 39.9 Å². The van der Waals surface area contributed by atoms with E-state index < -0.39 is 0 Å². The number of benzene rings is 1. The molecule has 0 bridgehead atoms. The minimum absolute atomic E-state index is 0.0330. The molecule has 1 fully saturated rings. The van der Waals surface area contributed by atoms with Crippen molar-refractivity contribution in [3.63, 3.8) is 0 Å². The Morgan fingerprint density at radius 2 is 2.29 bits per heavy atom. The zero-order chi connectivity index (χ0) is 14.8. The topological polar surface area (TPSA) is 38.1 Å². The van der Waals surface area contributed by atoms with E-state index in [0.717, 1.165) is 32.6 Å². The van der Waals surface area contributed by atoms with Crippen LogP contribution in [0.4, 0.5) is 0 Å². The first-order valence-corrected chi connectivity index (χ1v) is 7.92. The average molecular weight is 306 g/mol. The van der Waals surface area contributed by atoms with Crippen LogP contribution in [0.2, 0.25) is 5.02 Å². The highest BCUT2D eigenvalue weighted by atomic mass is 35.5. The summed E-state index contributed by atoms with van der Waals surface area (Å²) in [5.41, 5.74) is 0.702. The van der Waals surface area contributed by atoms with Crippen molar-refractivity contribution in [2.45, 2.75) is 26.3 Å². The van der Waals surface area contributed by atoms with Gasteiger partial charge >= 0.3 is 0 Å². The summed E-state index contributed by atoms with van der Waals surface area (Å²) in [4.78, 5) is 19.3. The number of hydrogen-bond acceptors (Lipinski definition) is 3. The third-order valence-corrected chi connectivity index (χ3v) is 4.39. The van der Waals surface area contributed by atoms with Gasteiger partial charge in [-0.1, -0.05) is 18.5 Å². The average Bonchev–Trinajstić information content (AvgIpc) is 2.90. The summed E-state index contributed by atoms with van der Waals surface area (Å²) >= 11 is 5.94. The first kappa shape index (κ1) is 14.5. The number of nitrogens with zero attached hydrogens (tertiary/aromatic N) is 3. The van der Waals surface area contributed by atoms with Gasteiger partial charge in [-0.05, 0) is 50.0 Å². The van der Waals surface area contributed by atoms with Crippen molar-refractivity contribution in [2.75, 3.05) is 19.6 Å². The quantitative estimate of drug-likeness (QED) is 0.872. The normalized spacial score (nSPS) is 19.4. The molecule has 1 aromatic heterocycles. The molecule has 3 rings (SSSR count). The lowest BCUT2D eigenvalue weighted by molar-refractivity contribution is 0.316. The van der Waals surface area contributed by atoms with E-state index in [-0.39, 0.29) is 5.56 Å². The monoisotopic (exact) mass is 305 g/mol.